The molecule has 0 spiro atoms. The number of rotatable bonds is 9. The van der Waals surface area contributed by atoms with Gasteiger partial charge in [0.2, 0.25) is 5.91 Å². The van der Waals surface area contributed by atoms with Gasteiger partial charge in [0.25, 0.3) is 5.91 Å². The summed E-state index contributed by atoms with van der Waals surface area (Å²) in [4.78, 5) is 26.7. The summed E-state index contributed by atoms with van der Waals surface area (Å²) in [5, 5.41) is 3.15. The maximum Gasteiger partial charge on any atom is 0.261 e. The van der Waals surface area contributed by atoms with E-state index in [-0.39, 0.29) is 18.4 Å². The second-order valence-electron chi connectivity index (χ2n) is 5.94. The Morgan fingerprint density at radius 3 is 2.52 bits per heavy atom. The van der Waals surface area contributed by atoms with Crippen molar-refractivity contribution in [3.05, 3.63) is 77.8 Å². The van der Waals surface area contributed by atoms with Crippen LogP contribution >= 0.6 is 11.6 Å². The highest BCUT2D eigenvalue weighted by molar-refractivity contribution is 6.32. The standard InChI is InChI=1S/C21H23ClN2O3/c1-3-13-23-21(26)16(2)24(14-17-9-5-4-6-10-17)20(25)15-27-19-12-8-7-11-18(19)22/h3-12,16H,1,13-15H2,2H3,(H,23,26)/t16-/m1/s1. The van der Waals surface area contributed by atoms with Crippen molar-refractivity contribution in [3.8, 4) is 5.75 Å². The van der Waals surface area contributed by atoms with Gasteiger partial charge in [-0.1, -0.05) is 60.1 Å². The van der Waals surface area contributed by atoms with Crippen LogP contribution in [0, 0.1) is 0 Å². The Hall–Kier alpha value is -2.79. The number of carbonyl (C=O) groups is 2. The molecule has 1 N–H and O–H groups in total. The molecular formula is C21H23ClN2O3. The molecule has 2 rings (SSSR count). The van der Waals surface area contributed by atoms with Crippen LogP contribution in [0.1, 0.15) is 12.5 Å². The van der Waals surface area contributed by atoms with Crippen LogP contribution in [0.15, 0.2) is 67.3 Å². The Morgan fingerprint density at radius 1 is 1.19 bits per heavy atom. The summed E-state index contributed by atoms with van der Waals surface area (Å²) < 4.78 is 5.56. The third-order valence-electron chi connectivity index (χ3n) is 3.97. The van der Waals surface area contributed by atoms with Gasteiger partial charge in [-0.2, -0.15) is 0 Å². The lowest BCUT2D eigenvalue weighted by Crippen LogP contribution is -2.49. The first kappa shape index (κ1) is 20.5. The largest absolute Gasteiger partial charge is 0.482 e. The van der Waals surface area contributed by atoms with Gasteiger partial charge in [-0.05, 0) is 24.6 Å². The predicted octanol–water partition coefficient (Wildman–Crippen LogP) is 3.44. The quantitative estimate of drug-likeness (QED) is 0.671. The fraction of sp³-hybridized carbons (Fsp3) is 0.238. The minimum Gasteiger partial charge on any atom is -0.482 e. The highest BCUT2D eigenvalue weighted by Crippen LogP contribution is 2.23. The smallest absolute Gasteiger partial charge is 0.261 e. The third kappa shape index (κ3) is 6.15. The number of hydrogen-bond acceptors (Lipinski definition) is 3. The fourth-order valence-electron chi connectivity index (χ4n) is 2.47. The van der Waals surface area contributed by atoms with Gasteiger partial charge >= 0.3 is 0 Å². The molecule has 2 amide bonds. The number of para-hydroxylation sites is 1. The molecule has 2 aromatic rings. The molecule has 5 nitrogen and oxygen atoms in total. The van der Waals surface area contributed by atoms with Crippen molar-refractivity contribution in [3.63, 3.8) is 0 Å². The van der Waals surface area contributed by atoms with Gasteiger partial charge in [0.15, 0.2) is 6.61 Å². The summed E-state index contributed by atoms with van der Waals surface area (Å²) in [6.07, 6.45) is 1.59. The van der Waals surface area contributed by atoms with E-state index in [0.29, 0.717) is 23.9 Å². The maximum atomic E-state index is 12.8. The third-order valence-corrected chi connectivity index (χ3v) is 4.28. The lowest BCUT2D eigenvalue weighted by molar-refractivity contribution is -0.142. The molecule has 6 heteroatoms. The predicted molar refractivity (Wildman–Crippen MR) is 107 cm³/mol. The summed E-state index contributed by atoms with van der Waals surface area (Å²) in [6.45, 7) is 5.70. The van der Waals surface area contributed by atoms with E-state index in [1.807, 2.05) is 30.3 Å². The van der Waals surface area contributed by atoms with Gasteiger partial charge in [-0.3, -0.25) is 9.59 Å². The molecule has 0 aliphatic heterocycles. The Balaban J connectivity index is 2.12. The first-order valence-corrected chi connectivity index (χ1v) is 9.00. The van der Waals surface area contributed by atoms with E-state index in [1.165, 1.54) is 4.90 Å². The minimum absolute atomic E-state index is 0.213. The Labute approximate surface area is 164 Å². The molecule has 0 bridgehead atoms. The zero-order valence-corrected chi connectivity index (χ0v) is 16.0. The fourth-order valence-corrected chi connectivity index (χ4v) is 2.66. The number of amides is 2. The van der Waals surface area contributed by atoms with Crippen LogP contribution < -0.4 is 10.1 Å². The SMILES string of the molecule is C=CCNC(=O)[C@@H](C)N(Cc1ccccc1)C(=O)COc1ccccc1Cl. The molecule has 0 saturated heterocycles. The molecule has 1 atom stereocenters. The van der Waals surface area contributed by atoms with Crippen molar-refractivity contribution in [1.29, 1.82) is 0 Å². The van der Waals surface area contributed by atoms with Crippen LogP contribution in [0.5, 0.6) is 5.75 Å². The van der Waals surface area contributed by atoms with Crippen molar-refractivity contribution in [2.45, 2.75) is 19.5 Å². The van der Waals surface area contributed by atoms with Gasteiger partial charge in [0.05, 0.1) is 5.02 Å². The summed E-state index contributed by atoms with van der Waals surface area (Å²) >= 11 is 6.06. The molecule has 0 radical (unpaired) electrons. The number of halogens is 1. The molecule has 0 unspecified atom stereocenters. The number of nitrogens with zero attached hydrogens (tertiary/aromatic N) is 1. The molecule has 0 aliphatic carbocycles. The second kappa shape index (κ2) is 10.4. The Bertz CT molecular complexity index is 780. The van der Waals surface area contributed by atoms with E-state index >= 15 is 0 Å². The number of hydrogen-bond donors (Lipinski definition) is 1. The highest BCUT2D eigenvalue weighted by Gasteiger charge is 2.26. The van der Waals surface area contributed by atoms with Crippen LogP contribution in [0.2, 0.25) is 5.02 Å². The van der Waals surface area contributed by atoms with Gasteiger partial charge in [0, 0.05) is 13.1 Å². The molecule has 27 heavy (non-hydrogen) atoms. The average molecular weight is 387 g/mol. The van der Waals surface area contributed by atoms with Gasteiger partial charge < -0.3 is 15.0 Å². The number of benzene rings is 2. The topological polar surface area (TPSA) is 58.6 Å². The molecule has 0 fully saturated rings. The van der Waals surface area contributed by atoms with Crippen molar-refractivity contribution in [2.24, 2.45) is 0 Å². The van der Waals surface area contributed by atoms with Crippen molar-refractivity contribution >= 4 is 23.4 Å². The molecule has 0 heterocycles. The van der Waals surface area contributed by atoms with Crippen molar-refractivity contribution in [1.82, 2.24) is 10.2 Å². The number of nitrogens with one attached hydrogen (secondary N) is 1. The Morgan fingerprint density at radius 2 is 1.85 bits per heavy atom. The van der Waals surface area contributed by atoms with Gasteiger partial charge in [0.1, 0.15) is 11.8 Å². The lowest BCUT2D eigenvalue weighted by atomic mass is 10.1. The van der Waals surface area contributed by atoms with Crippen molar-refractivity contribution < 1.29 is 14.3 Å². The summed E-state index contributed by atoms with van der Waals surface area (Å²) in [5.74, 6) is -0.132. The summed E-state index contributed by atoms with van der Waals surface area (Å²) in [6, 6.07) is 15.8. The first-order valence-electron chi connectivity index (χ1n) is 8.62. The zero-order valence-electron chi connectivity index (χ0n) is 15.2. The zero-order chi connectivity index (χ0) is 19.6. The van der Waals surface area contributed by atoms with Crippen LogP contribution in [-0.2, 0) is 16.1 Å². The lowest BCUT2D eigenvalue weighted by Gasteiger charge is -2.28. The van der Waals surface area contributed by atoms with Crippen molar-refractivity contribution in [2.75, 3.05) is 13.2 Å². The maximum absolute atomic E-state index is 12.8. The molecule has 142 valence electrons. The van der Waals surface area contributed by atoms with E-state index in [2.05, 4.69) is 11.9 Å². The van der Waals surface area contributed by atoms with Crippen LogP contribution in [-0.4, -0.2) is 35.9 Å². The van der Waals surface area contributed by atoms with E-state index < -0.39 is 6.04 Å². The van der Waals surface area contributed by atoms with E-state index in [1.54, 1.807) is 37.3 Å². The second-order valence-corrected chi connectivity index (χ2v) is 6.34. The summed E-state index contributed by atoms with van der Waals surface area (Å²) in [5.41, 5.74) is 0.923. The molecule has 0 saturated carbocycles. The normalized spacial score (nSPS) is 11.3. The van der Waals surface area contributed by atoms with E-state index in [0.717, 1.165) is 5.56 Å². The van der Waals surface area contributed by atoms with E-state index in [9.17, 15) is 9.59 Å². The molecule has 0 aliphatic rings. The number of ether oxygens (including phenoxy) is 1. The number of carbonyl (C=O) groups excluding carboxylic acids is 2. The van der Waals surface area contributed by atoms with Gasteiger partial charge in [-0.15, -0.1) is 6.58 Å². The monoisotopic (exact) mass is 386 g/mol. The van der Waals surface area contributed by atoms with Gasteiger partial charge in [-0.25, -0.2) is 0 Å². The van der Waals surface area contributed by atoms with Crippen LogP contribution in [0.3, 0.4) is 0 Å². The molecular weight excluding hydrogens is 364 g/mol. The Kier molecular flexibility index (Phi) is 7.89. The molecule has 2 aromatic carbocycles. The first-order chi connectivity index (χ1) is 13.0. The molecule has 0 aromatic heterocycles. The summed E-state index contributed by atoms with van der Waals surface area (Å²) in [7, 11) is 0. The van der Waals surface area contributed by atoms with Crippen LogP contribution in [0.25, 0.3) is 0 Å². The minimum atomic E-state index is -0.660. The van der Waals surface area contributed by atoms with E-state index in [4.69, 9.17) is 16.3 Å². The highest BCUT2D eigenvalue weighted by atomic mass is 35.5. The average Bonchev–Trinajstić information content (AvgIpc) is 2.69. The van der Waals surface area contributed by atoms with Crippen LogP contribution in [0.4, 0.5) is 0 Å².